The van der Waals surface area contributed by atoms with Gasteiger partial charge in [-0.05, 0) is 36.3 Å². The number of rotatable bonds is 4. The van der Waals surface area contributed by atoms with E-state index in [0.717, 1.165) is 12.8 Å². The lowest BCUT2D eigenvalue weighted by molar-refractivity contribution is 0.0699. The Morgan fingerprint density at radius 1 is 1.45 bits per heavy atom. The lowest BCUT2D eigenvalue weighted by Gasteiger charge is -2.20. The van der Waals surface area contributed by atoms with Gasteiger partial charge in [-0.15, -0.1) is 0 Å². The number of hydrogen-bond donors (Lipinski definition) is 2. The number of fused-ring (bicyclic) bond motifs is 1. The van der Waals surface area contributed by atoms with Gasteiger partial charge in [-0.1, -0.05) is 19.9 Å². The summed E-state index contributed by atoms with van der Waals surface area (Å²) < 4.78 is 1.69. The number of nitrogens with zero attached hydrogens (tertiary/aromatic N) is 1. The molecule has 1 fully saturated rings. The fraction of sp³-hybridized carbons (Fsp3) is 0.467. The first-order valence-electron chi connectivity index (χ1n) is 6.89. The van der Waals surface area contributed by atoms with Crippen molar-refractivity contribution in [2.45, 2.75) is 33.2 Å². The number of carbonyl (C=O) groups is 1. The lowest BCUT2D eigenvalue weighted by Crippen LogP contribution is -2.25. The Kier molecular flexibility index (Phi) is 2.74. The van der Waals surface area contributed by atoms with Crippen LogP contribution in [0.2, 0.25) is 0 Å². The molecule has 0 radical (unpaired) electrons. The number of nitrogens with one attached hydrogen (secondary N) is 1. The number of hydrogen-bond acceptors (Lipinski definition) is 2. The second-order valence-corrected chi connectivity index (χ2v) is 6.04. The summed E-state index contributed by atoms with van der Waals surface area (Å²) in [5, 5.41) is 9.18. The minimum atomic E-state index is -1.02. The van der Waals surface area contributed by atoms with E-state index in [9.17, 15) is 14.7 Å². The molecule has 5 heteroatoms. The van der Waals surface area contributed by atoms with Gasteiger partial charge in [-0.25, -0.2) is 9.59 Å². The Morgan fingerprint density at radius 2 is 2.15 bits per heavy atom. The smallest absolute Gasteiger partial charge is 0.337 e. The van der Waals surface area contributed by atoms with Crippen molar-refractivity contribution in [3.8, 4) is 0 Å². The van der Waals surface area contributed by atoms with Crippen LogP contribution >= 0.6 is 0 Å². The van der Waals surface area contributed by atoms with Crippen molar-refractivity contribution in [2.24, 2.45) is 11.3 Å². The van der Waals surface area contributed by atoms with Crippen LogP contribution in [0.5, 0.6) is 0 Å². The summed E-state index contributed by atoms with van der Waals surface area (Å²) in [6.07, 6.45) is 2.25. The summed E-state index contributed by atoms with van der Waals surface area (Å²) in [4.78, 5) is 26.1. The molecule has 0 saturated heterocycles. The first-order valence-corrected chi connectivity index (χ1v) is 6.89. The van der Waals surface area contributed by atoms with Gasteiger partial charge in [0.05, 0.1) is 16.6 Å². The first-order chi connectivity index (χ1) is 9.44. The molecule has 1 aliphatic rings. The Morgan fingerprint density at radius 3 is 2.70 bits per heavy atom. The predicted molar refractivity (Wildman–Crippen MR) is 76.0 cm³/mol. The maximum absolute atomic E-state index is 12.2. The van der Waals surface area contributed by atoms with Crippen LogP contribution in [0.4, 0.5) is 0 Å². The van der Waals surface area contributed by atoms with Crippen LogP contribution in [-0.2, 0) is 6.54 Å². The van der Waals surface area contributed by atoms with Crippen LogP contribution in [0.1, 0.15) is 37.0 Å². The van der Waals surface area contributed by atoms with Crippen LogP contribution in [-0.4, -0.2) is 20.6 Å². The summed E-state index contributed by atoms with van der Waals surface area (Å²) in [5.41, 5.74) is 1.22. The van der Waals surface area contributed by atoms with E-state index in [4.69, 9.17) is 0 Å². The quantitative estimate of drug-likeness (QED) is 0.899. The van der Waals surface area contributed by atoms with E-state index in [1.165, 1.54) is 6.07 Å². The lowest BCUT2D eigenvalue weighted by atomic mass is 9.92. The van der Waals surface area contributed by atoms with E-state index in [-0.39, 0.29) is 16.7 Å². The van der Waals surface area contributed by atoms with Gasteiger partial charge in [0.2, 0.25) is 0 Å². The van der Waals surface area contributed by atoms with Crippen molar-refractivity contribution in [3.05, 3.63) is 34.2 Å². The fourth-order valence-corrected chi connectivity index (χ4v) is 2.91. The highest BCUT2D eigenvalue weighted by Gasteiger charge is 2.46. The van der Waals surface area contributed by atoms with Gasteiger partial charge >= 0.3 is 11.7 Å². The second kappa shape index (κ2) is 4.23. The molecule has 3 rings (SSSR count). The highest BCUT2D eigenvalue weighted by atomic mass is 16.4. The average Bonchev–Trinajstić information content (AvgIpc) is 3.10. The van der Waals surface area contributed by atoms with Gasteiger partial charge in [0, 0.05) is 6.54 Å². The first kappa shape index (κ1) is 13.0. The number of imidazole rings is 1. The third kappa shape index (κ3) is 1.85. The highest BCUT2D eigenvalue weighted by molar-refractivity contribution is 6.00. The molecule has 0 spiro atoms. The minimum absolute atomic E-state index is 0.146. The van der Waals surface area contributed by atoms with Gasteiger partial charge in [0.15, 0.2) is 0 Å². The summed E-state index contributed by atoms with van der Waals surface area (Å²) in [5.74, 6) is -0.504. The standard InChI is InChI=1S/C15H18N2O3/c1-9(2)15(6-7-15)8-17-11-5-3-4-10(13(18)19)12(11)16-14(17)20/h3-5,9H,6-8H2,1-2H3,(H,16,20)(H,18,19). The van der Waals surface area contributed by atoms with Crippen LogP contribution in [0.3, 0.4) is 0 Å². The normalized spacial score (nSPS) is 16.8. The minimum Gasteiger partial charge on any atom is -0.478 e. The van der Waals surface area contributed by atoms with Gasteiger partial charge in [0.1, 0.15) is 0 Å². The van der Waals surface area contributed by atoms with Gasteiger partial charge in [-0.2, -0.15) is 0 Å². The zero-order chi connectivity index (χ0) is 14.5. The number of carboxylic acids is 1. The number of carboxylic acid groups (broad SMARTS) is 1. The van der Waals surface area contributed by atoms with E-state index >= 15 is 0 Å². The van der Waals surface area contributed by atoms with Crippen LogP contribution in [0.15, 0.2) is 23.0 Å². The fourth-order valence-electron chi connectivity index (χ4n) is 2.91. The number of H-pyrrole nitrogens is 1. The molecule has 2 N–H and O–H groups in total. The maximum Gasteiger partial charge on any atom is 0.337 e. The molecule has 1 heterocycles. The highest BCUT2D eigenvalue weighted by Crippen LogP contribution is 2.53. The molecule has 1 aliphatic carbocycles. The van der Waals surface area contributed by atoms with Crippen molar-refractivity contribution in [1.82, 2.24) is 9.55 Å². The van der Waals surface area contributed by atoms with Crippen molar-refractivity contribution >= 4 is 17.0 Å². The molecule has 0 atom stereocenters. The molecule has 1 aromatic carbocycles. The van der Waals surface area contributed by atoms with Gasteiger partial charge in [-0.3, -0.25) is 4.57 Å². The third-order valence-corrected chi connectivity index (χ3v) is 4.63. The van der Waals surface area contributed by atoms with Crippen molar-refractivity contribution in [3.63, 3.8) is 0 Å². The van der Waals surface area contributed by atoms with E-state index in [0.29, 0.717) is 23.5 Å². The molecule has 0 bridgehead atoms. The number of aromatic nitrogens is 2. The number of aromatic amines is 1. The molecular formula is C15H18N2O3. The monoisotopic (exact) mass is 274 g/mol. The van der Waals surface area contributed by atoms with Crippen molar-refractivity contribution < 1.29 is 9.90 Å². The summed E-state index contributed by atoms with van der Waals surface area (Å²) in [6, 6.07) is 5.00. The molecule has 2 aromatic rings. The van der Waals surface area contributed by atoms with E-state index in [2.05, 4.69) is 18.8 Å². The molecule has 0 aliphatic heterocycles. The molecule has 0 unspecified atom stereocenters. The molecular weight excluding hydrogens is 256 g/mol. The van der Waals surface area contributed by atoms with Crippen molar-refractivity contribution in [1.29, 1.82) is 0 Å². The number of benzene rings is 1. The predicted octanol–water partition coefficient (Wildman–Crippen LogP) is 2.46. The Balaban J connectivity index is 2.13. The van der Waals surface area contributed by atoms with E-state index in [1.807, 2.05) is 0 Å². The van der Waals surface area contributed by atoms with Crippen LogP contribution in [0.25, 0.3) is 11.0 Å². The number of aromatic carboxylic acids is 1. The zero-order valence-electron chi connectivity index (χ0n) is 11.6. The topological polar surface area (TPSA) is 75.1 Å². The summed E-state index contributed by atoms with van der Waals surface area (Å²) in [6.45, 7) is 5.01. The SMILES string of the molecule is CC(C)C1(Cn2c(=O)[nH]c3c(C(=O)O)cccc32)CC1. The average molecular weight is 274 g/mol. The molecule has 20 heavy (non-hydrogen) atoms. The second-order valence-electron chi connectivity index (χ2n) is 6.04. The van der Waals surface area contributed by atoms with Gasteiger partial charge < -0.3 is 10.1 Å². The largest absolute Gasteiger partial charge is 0.478 e. The molecule has 1 aromatic heterocycles. The Hall–Kier alpha value is -2.04. The summed E-state index contributed by atoms with van der Waals surface area (Å²) in [7, 11) is 0. The molecule has 0 amide bonds. The molecule has 5 nitrogen and oxygen atoms in total. The maximum atomic E-state index is 12.2. The Bertz CT molecular complexity index is 735. The summed E-state index contributed by atoms with van der Waals surface area (Å²) >= 11 is 0. The van der Waals surface area contributed by atoms with Crippen LogP contribution < -0.4 is 5.69 Å². The third-order valence-electron chi connectivity index (χ3n) is 4.63. The van der Waals surface area contributed by atoms with E-state index in [1.54, 1.807) is 16.7 Å². The Labute approximate surface area is 116 Å². The van der Waals surface area contributed by atoms with Crippen LogP contribution in [0, 0.1) is 11.3 Å². The van der Waals surface area contributed by atoms with Crippen molar-refractivity contribution in [2.75, 3.05) is 0 Å². The zero-order valence-corrected chi connectivity index (χ0v) is 11.6. The molecule has 106 valence electrons. The van der Waals surface area contributed by atoms with E-state index < -0.39 is 5.97 Å². The van der Waals surface area contributed by atoms with Gasteiger partial charge in [0.25, 0.3) is 0 Å². The number of para-hydroxylation sites is 1. The molecule has 1 saturated carbocycles.